The molecular formula is C7H11BrN2O3. The fourth-order valence-corrected chi connectivity index (χ4v) is 1.35. The van der Waals surface area contributed by atoms with E-state index in [1.807, 2.05) is 0 Å². The molecule has 1 aliphatic heterocycles. The third-order valence-electron chi connectivity index (χ3n) is 1.76. The second-order valence-electron chi connectivity index (χ2n) is 2.84. The van der Waals surface area contributed by atoms with Crippen LogP contribution in [-0.4, -0.2) is 29.1 Å². The van der Waals surface area contributed by atoms with E-state index in [1.165, 1.54) is 0 Å². The minimum absolute atomic E-state index is 0.394. The number of ether oxygens (including phenoxy) is 1. The Morgan fingerprint density at radius 1 is 1.62 bits per heavy atom. The van der Waals surface area contributed by atoms with Gasteiger partial charge in [0.05, 0.1) is 0 Å². The number of amides is 3. The van der Waals surface area contributed by atoms with E-state index in [0.29, 0.717) is 6.61 Å². The van der Waals surface area contributed by atoms with E-state index in [2.05, 4.69) is 26.6 Å². The molecule has 1 saturated heterocycles. The average Bonchev–Trinajstić information content (AvgIpc) is 2.01. The summed E-state index contributed by atoms with van der Waals surface area (Å²) in [5.41, 5.74) is 0. The summed E-state index contributed by atoms with van der Waals surface area (Å²) in [6, 6.07) is -0.527. The molecule has 1 rings (SSSR count). The van der Waals surface area contributed by atoms with E-state index in [0.717, 1.165) is 0 Å². The van der Waals surface area contributed by atoms with Gasteiger partial charge in [-0.2, -0.15) is 0 Å². The van der Waals surface area contributed by atoms with Crippen molar-refractivity contribution in [1.82, 2.24) is 10.6 Å². The summed E-state index contributed by atoms with van der Waals surface area (Å²) < 4.78 is 4.29. The Morgan fingerprint density at radius 2 is 2.23 bits per heavy atom. The SMILES string of the molecule is CCO[C@H]1NC(=O)NC(=O)[C@]1(C)Br. The fraction of sp³-hybridized carbons (Fsp3) is 0.714. The van der Waals surface area contributed by atoms with E-state index in [-0.39, 0.29) is 0 Å². The molecule has 1 aliphatic rings. The summed E-state index contributed by atoms with van der Waals surface area (Å²) in [5, 5.41) is 4.64. The molecule has 0 aliphatic carbocycles. The second kappa shape index (κ2) is 3.63. The number of carbonyl (C=O) groups excluding carboxylic acids is 2. The van der Waals surface area contributed by atoms with Crippen LogP contribution < -0.4 is 10.6 Å². The van der Waals surface area contributed by atoms with Crippen LogP contribution in [0.2, 0.25) is 0 Å². The molecule has 0 spiro atoms. The highest BCUT2D eigenvalue weighted by molar-refractivity contribution is 9.10. The van der Waals surface area contributed by atoms with E-state index >= 15 is 0 Å². The van der Waals surface area contributed by atoms with Crippen LogP contribution in [0.1, 0.15) is 13.8 Å². The molecule has 0 aromatic heterocycles. The third kappa shape index (κ3) is 2.00. The quantitative estimate of drug-likeness (QED) is 0.695. The minimum atomic E-state index is -0.906. The van der Waals surface area contributed by atoms with Gasteiger partial charge in [0.25, 0.3) is 0 Å². The Kier molecular flexibility index (Phi) is 2.92. The van der Waals surface area contributed by atoms with E-state index < -0.39 is 22.5 Å². The summed E-state index contributed by atoms with van der Waals surface area (Å²) in [7, 11) is 0. The topological polar surface area (TPSA) is 67.4 Å². The first-order valence-electron chi connectivity index (χ1n) is 3.91. The van der Waals surface area contributed by atoms with Gasteiger partial charge in [-0.3, -0.25) is 10.1 Å². The number of urea groups is 1. The van der Waals surface area contributed by atoms with Gasteiger partial charge in [0, 0.05) is 6.61 Å². The molecule has 2 N–H and O–H groups in total. The van der Waals surface area contributed by atoms with Crippen molar-refractivity contribution in [2.75, 3.05) is 6.61 Å². The van der Waals surface area contributed by atoms with Crippen molar-refractivity contribution in [1.29, 1.82) is 0 Å². The fourth-order valence-electron chi connectivity index (χ4n) is 1.000. The van der Waals surface area contributed by atoms with Crippen molar-refractivity contribution in [3.8, 4) is 0 Å². The maximum absolute atomic E-state index is 11.3. The molecule has 1 fully saturated rings. The molecule has 1 heterocycles. The van der Waals surface area contributed by atoms with Crippen molar-refractivity contribution in [2.24, 2.45) is 0 Å². The van der Waals surface area contributed by atoms with Crippen LogP contribution in [-0.2, 0) is 9.53 Å². The molecule has 0 saturated carbocycles. The lowest BCUT2D eigenvalue weighted by Gasteiger charge is -2.35. The van der Waals surface area contributed by atoms with E-state index in [4.69, 9.17) is 4.74 Å². The molecular weight excluding hydrogens is 240 g/mol. The Balaban J connectivity index is 2.78. The van der Waals surface area contributed by atoms with Gasteiger partial charge in [-0.15, -0.1) is 0 Å². The monoisotopic (exact) mass is 250 g/mol. The highest BCUT2D eigenvalue weighted by Crippen LogP contribution is 2.25. The van der Waals surface area contributed by atoms with Crippen molar-refractivity contribution in [2.45, 2.75) is 24.4 Å². The van der Waals surface area contributed by atoms with Crippen LogP contribution in [0.15, 0.2) is 0 Å². The van der Waals surface area contributed by atoms with Crippen molar-refractivity contribution >= 4 is 27.9 Å². The number of halogens is 1. The van der Waals surface area contributed by atoms with Crippen molar-refractivity contribution < 1.29 is 14.3 Å². The van der Waals surface area contributed by atoms with Crippen LogP contribution in [0.25, 0.3) is 0 Å². The van der Waals surface area contributed by atoms with E-state index in [1.54, 1.807) is 13.8 Å². The molecule has 0 aromatic carbocycles. The zero-order valence-electron chi connectivity index (χ0n) is 7.39. The number of rotatable bonds is 2. The average molecular weight is 251 g/mol. The molecule has 74 valence electrons. The standard InChI is InChI=1S/C7H11BrN2O3/c1-3-13-5-7(2,8)4(11)9-6(12)10-5/h5H,3H2,1-2H3,(H2,9,10,11,12)/t5-,7+/m1/s1. The third-order valence-corrected chi connectivity index (χ3v) is 2.53. The molecule has 6 heteroatoms. The van der Waals surface area contributed by atoms with Crippen molar-refractivity contribution in [3.05, 3.63) is 0 Å². The highest BCUT2D eigenvalue weighted by Gasteiger charge is 2.45. The molecule has 5 nitrogen and oxygen atoms in total. The first-order valence-corrected chi connectivity index (χ1v) is 4.70. The van der Waals surface area contributed by atoms with Gasteiger partial charge in [0.15, 0.2) is 6.23 Å². The summed E-state index contributed by atoms with van der Waals surface area (Å²) in [5.74, 6) is -0.394. The Morgan fingerprint density at radius 3 is 2.77 bits per heavy atom. The highest BCUT2D eigenvalue weighted by atomic mass is 79.9. The van der Waals surface area contributed by atoms with Gasteiger partial charge in [-0.1, -0.05) is 15.9 Å². The molecule has 0 aromatic rings. The lowest BCUT2D eigenvalue weighted by Crippen LogP contribution is -2.65. The van der Waals surface area contributed by atoms with Gasteiger partial charge in [0.1, 0.15) is 4.32 Å². The maximum atomic E-state index is 11.3. The first kappa shape index (κ1) is 10.5. The number of alkyl halides is 1. The number of nitrogens with one attached hydrogen (secondary N) is 2. The van der Waals surface area contributed by atoms with E-state index in [9.17, 15) is 9.59 Å². The summed E-state index contributed by atoms with van der Waals surface area (Å²) in [4.78, 5) is 22.2. The predicted molar refractivity (Wildman–Crippen MR) is 49.4 cm³/mol. The number of carbonyl (C=O) groups is 2. The smallest absolute Gasteiger partial charge is 0.323 e. The largest absolute Gasteiger partial charge is 0.357 e. The number of hydrogen-bond acceptors (Lipinski definition) is 3. The molecule has 0 radical (unpaired) electrons. The number of imide groups is 1. The molecule has 0 bridgehead atoms. The normalized spacial score (nSPS) is 33.9. The number of hydrogen-bond donors (Lipinski definition) is 2. The second-order valence-corrected chi connectivity index (χ2v) is 4.49. The first-order chi connectivity index (χ1) is 5.98. The molecule has 3 amide bonds. The van der Waals surface area contributed by atoms with Gasteiger partial charge in [-0.05, 0) is 13.8 Å². The Labute approximate surface area is 84.3 Å². The van der Waals surface area contributed by atoms with Gasteiger partial charge in [0.2, 0.25) is 5.91 Å². The summed E-state index contributed by atoms with van der Waals surface area (Å²) >= 11 is 3.20. The van der Waals surface area contributed by atoms with Crippen LogP contribution in [0.4, 0.5) is 4.79 Å². The van der Waals surface area contributed by atoms with Crippen LogP contribution >= 0.6 is 15.9 Å². The zero-order valence-corrected chi connectivity index (χ0v) is 8.97. The summed E-state index contributed by atoms with van der Waals surface area (Å²) in [6.07, 6.45) is -0.626. The van der Waals surface area contributed by atoms with Crippen LogP contribution in [0.3, 0.4) is 0 Å². The zero-order chi connectivity index (χ0) is 10.1. The Bertz CT molecular complexity index is 242. The Hall–Kier alpha value is -0.620. The molecule has 0 unspecified atom stereocenters. The minimum Gasteiger partial charge on any atom is -0.357 e. The van der Waals surface area contributed by atoms with Gasteiger partial charge < -0.3 is 10.1 Å². The molecule has 2 atom stereocenters. The van der Waals surface area contributed by atoms with Gasteiger partial charge in [-0.25, -0.2) is 4.79 Å². The lowest BCUT2D eigenvalue weighted by atomic mass is 10.1. The lowest BCUT2D eigenvalue weighted by molar-refractivity contribution is -0.128. The van der Waals surface area contributed by atoms with Gasteiger partial charge >= 0.3 is 6.03 Å². The summed E-state index contributed by atoms with van der Waals surface area (Å²) in [6.45, 7) is 3.86. The van der Waals surface area contributed by atoms with Crippen LogP contribution in [0, 0.1) is 0 Å². The predicted octanol–water partition coefficient (Wildman–Crippen LogP) is 0.342. The van der Waals surface area contributed by atoms with Crippen molar-refractivity contribution in [3.63, 3.8) is 0 Å². The maximum Gasteiger partial charge on any atom is 0.323 e. The van der Waals surface area contributed by atoms with Crippen LogP contribution in [0.5, 0.6) is 0 Å². The molecule has 13 heavy (non-hydrogen) atoms.